The van der Waals surface area contributed by atoms with Crippen molar-refractivity contribution in [2.45, 2.75) is 6.92 Å². The molecule has 0 bridgehead atoms. The van der Waals surface area contributed by atoms with E-state index in [0.29, 0.717) is 18.8 Å². The van der Waals surface area contributed by atoms with E-state index in [1.165, 1.54) is 18.0 Å². The highest BCUT2D eigenvalue weighted by atomic mass is 16.5. The van der Waals surface area contributed by atoms with Crippen LogP contribution in [-0.4, -0.2) is 43.6 Å². The number of para-hydroxylation sites is 1. The normalized spacial score (nSPS) is 14.5. The number of ether oxygens (including phenoxy) is 1. The highest BCUT2D eigenvalue weighted by Gasteiger charge is 2.22. The van der Waals surface area contributed by atoms with Crippen molar-refractivity contribution in [3.8, 4) is 5.75 Å². The second-order valence-electron chi connectivity index (χ2n) is 5.66. The Morgan fingerprint density at radius 3 is 2.50 bits per heavy atom. The van der Waals surface area contributed by atoms with E-state index in [-0.39, 0.29) is 23.7 Å². The van der Waals surface area contributed by atoms with Crippen LogP contribution < -0.4 is 15.1 Å². The van der Waals surface area contributed by atoms with Gasteiger partial charge in [0.25, 0.3) is 5.91 Å². The third kappa shape index (κ3) is 3.59. The fraction of sp³-hybridized carbons (Fsp3) is 0.333. The fourth-order valence-electron chi connectivity index (χ4n) is 2.75. The average molecular weight is 328 g/mol. The van der Waals surface area contributed by atoms with E-state index < -0.39 is 0 Å². The van der Waals surface area contributed by atoms with E-state index >= 15 is 0 Å². The highest BCUT2D eigenvalue weighted by molar-refractivity contribution is 5.78. The smallest absolute Gasteiger partial charge is 0.260 e. The van der Waals surface area contributed by atoms with Crippen molar-refractivity contribution in [2.24, 2.45) is 0 Å². The number of carbonyl (C=O) groups excluding carboxylic acids is 1. The standard InChI is InChI=1S/C18H20N2O4/c1-14-18(16(21)7-12-23-14)24-13-17(22)20-10-8-19(9-11-20)15-5-3-2-4-6-15/h2-7,12H,8-11,13H2,1H3. The molecule has 0 unspecified atom stereocenters. The molecule has 0 spiro atoms. The lowest BCUT2D eigenvalue weighted by Crippen LogP contribution is -2.50. The Morgan fingerprint density at radius 1 is 1.12 bits per heavy atom. The van der Waals surface area contributed by atoms with Crippen molar-refractivity contribution in [3.63, 3.8) is 0 Å². The number of anilines is 1. The summed E-state index contributed by atoms with van der Waals surface area (Å²) in [6, 6.07) is 11.4. The first-order valence-corrected chi connectivity index (χ1v) is 7.94. The summed E-state index contributed by atoms with van der Waals surface area (Å²) >= 11 is 0. The molecule has 0 aliphatic carbocycles. The van der Waals surface area contributed by atoms with E-state index in [4.69, 9.17) is 9.15 Å². The van der Waals surface area contributed by atoms with Crippen molar-refractivity contribution in [1.82, 2.24) is 4.90 Å². The van der Waals surface area contributed by atoms with E-state index in [9.17, 15) is 9.59 Å². The zero-order valence-electron chi connectivity index (χ0n) is 13.6. The van der Waals surface area contributed by atoms with Gasteiger partial charge in [0.1, 0.15) is 5.76 Å². The molecule has 24 heavy (non-hydrogen) atoms. The maximum atomic E-state index is 12.3. The largest absolute Gasteiger partial charge is 0.476 e. The zero-order valence-corrected chi connectivity index (χ0v) is 13.6. The van der Waals surface area contributed by atoms with Crippen LogP contribution in [0.4, 0.5) is 5.69 Å². The van der Waals surface area contributed by atoms with E-state index in [0.717, 1.165) is 13.1 Å². The molecule has 6 nitrogen and oxygen atoms in total. The minimum Gasteiger partial charge on any atom is -0.476 e. The molecule has 1 amide bonds. The van der Waals surface area contributed by atoms with Crippen LogP contribution in [0.25, 0.3) is 0 Å². The summed E-state index contributed by atoms with van der Waals surface area (Å²) < 4.78 is 10.5. The summed E-state index contributed by atoms with van der Waals surface area (Å²) in [7, 11) is 0. The van der Waals surface area contributed by atoms with Gasteiger partial charge >= 0.3 is 0 Å². The molecule has 0 saturated carbocycles. The molecule has 0 N–H and O–H groups in total. The number of hydrogen-bond donors (Lipinski definition) is 0. The molecule has 2 heterocycles. The number of benzene rings is 1. The minimum atomic E-state index is -0.277. The minimum absolute atomic E-state index is 0.105. The summed E-state index contributed by atoms with van der Waals surface area (Å²) in [5, 5.41) is 0. The number of piperazine rings is 1. The quantitative estimate of drug-likeness (QED) is 0.854. The Morgan fingerprint density at radius 2 is 1.83 bits per heavy atom. The predicted octanol–water partition coefficient (Wildman–Crippen LogP) is 1.68. The molecule has 1 aromatic heterocycles. The van der Waals surface area contributed by atoms with Crippen LogP contribution in [0.2, 0.25) is 0 Å². The second kappa shape index (κ2) is 7.21. The van der Waals surface area contributed by atoms with Gasteiger partial charge in [-0.3, -0.25) is 9.59 Å². The lowest BCUT2D eigenvalue weighted by molar-refractivity contribution is -0.133. The first kappa shape index (κ1) is 16.1. The Balaban J connectivity index is 1.53. The van der Waals surface area contributed by atoms with Gasteiger partial charge in [-0.15, -0.1) is 0 Å². The number of hydrogen-bond acceptors (Lipinski definition) is 5. The number of nitrogens with zero attached hydrogens (tertiary/aromatic N) is 2. The summed E-state index contributed by atoms with van der Waals surface area (Å²) in [6.07, 6.45) is 1.31. The molecule has 1 aliphatic rings. The van der Waals surface area contributed by atoms with Crippen LogP contribution in [0.3, 0.4) is 0 Å². The molecule has 1 fully saturated rings. The van der Waals surface area contributed by atoms with Crippen LogP contribution in [0.5, 0.6) is 5.75 Å². The Hall–Kier alpha value is -2.76. The van der Waals surface area contributed by atoms with Gasteiger partial charge in [-0.1, -0.05) is 18.2 Å². The molecular weight excluding hydrogens is 308 g/mol. The van der Waals surface area contributed by atoms with Gasteiger partial charge in [-0.25, -0.2) is 0 Å². The van der Waals surface area contributed by atoms with E-state index in [1.807, 2.05) is 18.2 Å². The number of carbonyl (C=O) groups is 1. The number of aryl methyl sites for hydroxylation is 1. The summed E-state index contributed by atoms with van der Waals surface area (Å²) in [5.41, 5.74) is 0.888. The fourth-order valence-corrected chi connectivity index (χ4v) is 2.75. The first-order chi connectivity index (χ1) is 11.6. The summed E-state index contributed by atoms with van der Waals surface area (Å²) in [5.74, 6) is 0.364. The summed E-state index contributed by atoms with van der Waals surface area (Å²) in [6.45, 7) is 4.32. The molecule has 126 valence electrons. The Labute approximate surface area is 140 Å². The third-order valence-electron chi connectivity index (χ3n) is 4.10. The van der Waals surface area contributed by atoms with Gasteiger partial charge in [0.05, 0.1) is 6.26 Å². The van der Waals surface area contributed by atoms with Crippen molar-refractivity contribution in [1.29, 1.82) is 0 Å². The molecular formula is C18H20N2O4. The lowest BCUT2D eigenvalue weighted by Gasteiger charge is -2.36. The zero-order chi connectivity index (χ0) is 16.9. The lowest BCUT2D eigenvalue weighted by atomic mass is 10.2. The maximum absolute atomic E-state index is 12.3. The maximum Gasteiger partial charge on any atom is 0.260 e. The molecule has 2 aromatic rings. The molecule has 0 atom stereocenters. The van der Waals surface area contributed by atoms with Gasteiger partial charge < -0.3 is 19.0 Å². The van der Waals surface area contributed by atoms with Gasteiger partial charge in [0.15, 0.2) is 6.61 Å². The molecule has 1 aliphatic heterocycles. The average Bonchev–Trinajstić information content (AvgIpc) is 2.62. The second-order valence-corrected chi connectivity index (χ2v) is 5.66. The SMILES string of the molecule is Cc1occc(=O)c1OCC(=O)N1CCN(c2ccccc2)CC1. The van der Waals surface area contributed by atoms with Crippen LogP contribution in [0.15, 0.2) is 51.9 Å². The third-order valence-corrected chi connectivity index (χ3v) is 4.10. The molecule has 0 radical (unpaired) electrons. The van der Waals surface area contributed by atoms with Crippen molar-refractivity contribution >= 4 is 11.6 Å². The molecule has 3 rings (SSSR count). The van der Waals surface area contributed by atoms with Crippen molar-refractivity contribution in [2.75, 3.05) is 37.7 Å². The number of amides is 1. The molecule has 1 aromatic carbocycles. The topological polar surface area (TPSA) is 63.0 Å². The van der Waals surface area contributed by atoms with E-state index in [2.05, 4.69) is 17.0 Å². The van der Waals surface area contributed by atoms with Crippen LogP contribution in [-0.2, 0) is 4.79 Å². The van der Waals surface area contributed by atoms with Crippen molar-refractivity contribution in [3.05, 3.63) is 58.6 Å². The number of rotatable bonds is 4. The first-order valence-electron chi connectivity index (χ1n) is 7.94. The molecule has 1 saturated heterocycles. The summed E-state index contributed by atoms with van der Waals surface area (Å²) in [4.78, 5) is 28.0. The van der Waals surface area contributed by atoms with Gasteiger partial charge in [0, 0.05) is 37.9 Å². The van der Waals surface area contributed by atoms with Crippen molar-refractivity contribution < 1.29 is 13.9 Å². The van der Waals surface area contributed by atoms with Crippen LogP contribution >= 0.6 is 0 Å². The van der Waals surface area contributed by atoms with Gasteiger partial charge in [-0.2, -0.15) is 0 Å². The van der Waals surface area contributed by atoms with Crippen LogP contribution in [0.1, 0.15) is 5.76 Å². The monoisotopic (exact) mass is 328 g/mol. The molecule has 6 heteroatoms. The Bertz CT molecular complexity index is 749. The van der Waals surface area contributed by atoms with Crippen LogP contribution in [0, 0.1) is 6.92 Å². The predicted molar refractivity (Wildman–Crippen MR) is 90.4 cm³/mol. The van der Waals surface area contributed by atoms with Gasteiger partial charge in [0.2, 0.25) is 11.2 Å². The Kier molecular flexibility index (Phi) is 4.84. The van der Waals surface area contributed by atoms with E-state index in [1.54, 1.807) is 11.8 Å². The van der Waals surface area contributed by atoms with Gasteiger partial charge in [-0.05, 0) is 19.1 Å². The highest BCUT2D eigenvalue weighted by Crippen LogP contribution is 2.16.